The molecule has 1 aromatic rings. The highest BCUT2D eigenvalue weighted by molar-refractivity contribution is 6.32. The van der Waals surface area contributed by atoms with Crippen LogP contribution in [-0.2, 0) is 20.9 Å². The van der Waals surface area contributed by atoms with Gasteiger partial charge in [0.25, 0.3) is 0 Å². The van der Waals surface area contributed by atoms with Crippen LogP contribution in [0.25, 0.3) is 6.08 Å². The van der Waals surface area contributed by atoms with Crippen molar-refractivity contribution in [3.8, 4) is 0 Å². The maximum Gasteiger partial charge on any atom is 0.306 e. The summed E-state index contributed by atoms with van der Waals surface area (Å²) in [7, 11) is 0. The van der Waals surface area contributed by atoms with Gasteiger partial charge in [-0.15, -0.1) is 0 Å². The van der Waals surface area contributed by atoms with E-state index in [0.29, 0.717) is 29.5 Å². The number of Topliss-reactive ketones (excluding diaryl/α,β-unsaturated/α-hetero) is 1. The van der Waals surface area contributed by atoms with E-state index < -0.39 is 11.5 Å². The topological polar surface area (TPSA) is 89.6 Å². The van der Waals surface area contributed by atoms with Gasteiger partial charge in [-0.1, -0.05) is 57.4 Å². The van der Waals surface area contributed by atoms with Gasteiger partial charge in [-0.05, 0) is 44.6 Å². The van der Waals surface area contributed by atoms with Crippen LogP contribution in [0.2, 0.25) is 0 Å². The van der Waals surface area contributed by atoms with Gasteiger partial charge in [-0.3, -0.25) is 9.59 Å². The molecule has 0 aromatic carbocycles. The molecule has 0 saturated heterocycles. The highest BCUT2D eigenvalue weighted by Crippen LogP contribution is 2.32. The molecule has 2 rings (SSSR count). The lowest BCUT2D eigenvalue weighted by Crippen LogP contribution is -2.31. The number of aliphatic hydroxyl groups excluding tert-OH is 1. The number of aliphatic hydroxyl groups is 1. The van der Waals surface area contributed by atoms with Crippen molar-refractivity contribution in [3.05, 3.63) is 34.5 Å². The molecule has 2 heterocycles. The second kappa shape index (κ2) is 12.5. The molecule has 0 fully saturated rings. The highest BCUT2D eigenvalue weighted by Gasteiger charge is 2.33. The quantitative estimate of drug-likeness (QED) is 0.409. The number of hydrogen-bond donors (Lipinski definition) is 1. The Morgan fingerprint density at radius 1 is 1.30 bits per heavy atom. The molecule has 7 heteroatoms. The van der Waals surface area contributed by atoms with Crippen molar-refractivity contribution in [2.24, 2.45) is 17.3 Å². The van der Waals surface area contributed by atoms with Gasteiger partial charge in [0.2, 0.25) is 5.89 Å². The Morgan fingerprint density at radius 3 is 2.70 bits per heavy atom. The third-order valence-electron chi connectivity index (χ3n) is 6.34. The molecule has 0 spiro atoms. The summed E-state index contributed by atoms with van der Waals surface area (Å²) in [5.74, 6) is 0.439. The van der Waals surface area contributed by atoms with Gasteiger partial charge >= 0.3 is 5.97 Å². The number of aromatic nitrogens is 1. The van der Waals surface area contributed by atoms with E-state index in [1.165, 1.54) is 11.8 Å². The van der Waals surface area contributed by atoms with Crippen molar-refractivity contribution in [2.75, 3.05) is 0 Å². The fraction of sp³-hybridized carbons (Fsp3) is 0.654. The zero-order valence-electron chi connectivity index (χ0n) is 20.5. The van der Waals surface area contributed by atoms with Crippen LogP contribution in [0.5, 0.6) is 0 Å². The van der Waals surface area contributed by atoms with Crippen LogP contribution >= 0.6 is 11.6 Å². The second-order valence-corrected chi connectivity index (χ2v) is 10.4. The number of rotatable bonds is 3. The Bertz CT molecular complexity index is 870. The summed E-state index contributed by atoms with van der Waals surface area (Å²) in [6, 6.07) is 0. The first-order valence-electron chi connectivity index (χ1n) is 11.8. The molecule has 0 saturated carbocycles. The van der Waals surface area contributed by atoms with Crippen molar-refractivity contribution in [2.45, 2.75) is 92.3 Å². The highest BCUT2D eigenvalue weighted by atomic mass is 35.5. The number of carbonyl (C=O) groups excluding carboxylic acids is 2. The first-order chi connectivity index (χ1) is 15.5. The van der Waals surface area contributed by atoms with Gasteiger partial charge in [-0.2, -0.15) is 0 Å². The number of allylic oxidation sites excluding steroid dienone is 1. The Balaban J connectivity index is 2.24. The summed E-state index contributed by atoms with van der Waals surface area (Å²) in [5, 5.41) is 9.46. The zero-order valence-corrected chi connectivity index (χ0v) is 21.3. The number of cyclic esters (lactones) is 1. The molecule has 3 atom stereocenters. The van der Waals surface area contributed by atoms with E-state index in [2.05, 4.69) is 24.9 Å². The van der Waals surface area contributed by atoms with Crippen LogP contribution in [0.4, 0.5) is 0 Å². The van der Waals surface area contributed by atoms with Crippen LogP contribution in [0.3, 0.4) is 0 Å². The van der Waals surface area contributed by atoms with Gasteiger partial charge in [-0.25, -0.2) is 4.98 Å². The van der Waals surface area contributed by atoms with E-state index in [1.807, 2.05) is 20.8 Å². The number of ketones is 1. The molecular formula is C26H38ClNO5. The van der Waals surface area contributed by atoms with Crippen molar-refractivity contribution in [1.82, 2.24) is 4.98 Å². The molecule has 184 valence electrons. The van der Waals surface area contributed by atoms with E-state index in [-0.39, 0.29) is 36.6 Å². The zero-order chi connectivity index (χ0) is 24.6. The van der Waals surface area contributed by atoms with Gasteiger partial charge < -0.3 is 14.3 Å². The first kappa shape index (κ1) is 27.3. The van der Waals surface area contributed by atoms with E-state index in [9.17, 15) is 9.59 Å². The SMILES string of the molecule is C/C1=C\CC(/C(Cl)=C/c2coc(CO)n2)OC(=O)CCC(C)(C)C(=O)C(C)CC(C)CCC1. The van der Waals surface area contributed by atoms with Crippen molar-refractivity contribution in [1.29, 1.82) is 0 Å². The fourth-order valence-electron chi connectivity index (χ4n) is 4.31. The minimum absolute atomic E-state index is 0.0352. The fourth-order valence-corrected chi connectivity index (χ4v) is 4.55. The smallest absolute Gasteiger partial charge is 0.306 e. The Hall–Kier alpha value is -1.92. The molecule has 0 bridgehead atoms. The minimum Gasteiger partial charge on any atom is -0.456 e. The third kappa shape index (κ3) is 8.74. The lowest BCUT2D eigenvalue weighted by Gasteiger charge is -2.28. The molecule has 33 heavy (non-hydrogen) atoms. The Morgan fingerprint density at radius 2 is 2.03 bits per heavy atom. The van der Waals surface area contributed by atoms with Crippen molar-refractivity contribution in [3.63, 3.8) is 0 Å². The second-order valence-electron chi connectivity index (χ2n) is 10.0. The number of halogens is 1. The van der Waals surface area contributed by atoms with Gasteiger partial charge in [0.15, 0.2) is 0 Å². The maximum atomic E-state index is 13.0. The molecular weight excluding hydrogens is 442 g/mol. The predicted octanol–water partition coefficient (Wildman–Crippen LogP) is 6.22. The van der Waals surface area contributed by atoms with Gasteiger partial charge in [0.1, 0.15) is 30.5 Å². The van der Waals surface area contributed by atoms with Crippen molar-refractivity contribution >= 4 is 29.4 Å². The summed E-state index contributed by atoms with van der Waals surface area (Å²) in [6.07, 6.45) is 9.35. The minimum atomic E-state index is -0.659. The summed E-state index contributed by atoms with van der Waals surface area (Å²) in [4.78, 5) is 29.9. The average Bonchev–Trinajstić information content (AvgIpc) is 3.21. The lowest BCUT2D eigenvalue weighted by molar-refractivity contribution is -0.148. The molecule has 6 nitrogen and oxygen atoms in total. The molecule has 1 N–H and O–H groups in total. The van der Waals surface area contributed by atoms with Crippen molar-refractivity contribution < 1.29 is 23.8 Å². The molecule has 3 unspecified atom stereocenters. The standard InChI is InChI=1S/C26H38ClNO5/c1-17-7-6-8-18(2)13-19(3)25(31)26(4,5)12-11-24(30)33-22(10-9-17)21(27)14-20-16-32-23(15-29)28-20/h9,14,16,18-19,22,29H,6-8,10-13,15H2,1-5H3/b17-9+,21-14-. The number of nitrogens with zero attached hydrogens (tertiary/aromatic N) is 1. The van der Waals surface area contributed by atoms with E-state index in [1.54, 1.807) is 6.08 Å². The molecule has 1 aliphatic rings. The number of carbonyl (C=O) groups is 2. The van der Waals surface area contributed by atoms with E-state index in [4.69, 9.17) is 25.9 Å². The van der Waals surface area contributed by atoms with Gasteiger partial charge in [0.05, 0.1) is 5.03 Å². The monoisotopic (exact) mass is 479 g/mol. The lowest BCUT2D eigenvalue weighted by atomic mass is 9.75. The van der Waals surface area contributed by atoms with Crippen LogP contribution in [0, 0.1) is 17.3 Å². The van der Waals surface area contributed by atoms with Gasteiger partial charge in [0, 0.05) is 24.2 Å². The van der Waals surface area contributed by atoms with Crippen LogP contribution in [0.1, 0.15) is 91.1 Å². The summed E-state index contributed by atoms with van der Waals surface area (Å²) < 4.78 is 10.9. The van der Waals surface area contributed by atoms with E-state index in [0.717, 1.165) is 25.7 Å². The summed E-state index contributed by atoms with van der Waals surface area (Å²) in [5.41, 5.74) is 1.07. The third-order valence-corrected chi connectivity index (χ3v) is 6.70. The normalized spacial score (nSPS) is 28.2. The molecule has 0 aliphatic carbocycles. The largest absolute Gasteiger partial charge is 0.456 e. The summed E-state index contributed by atoms with van der Waals surface area (Å²) >= 11 is 6.53. The first-order valence-corrected chi connectivity index (χ1v) is 12.2. The molecule has 0 amide bonds. The van der Waals surface area contributed by atoms with Crippen LogP contribution in [-0.4, -0.2) is 27.9 Å². The Kier molecular flexibility index (Phi) is 10.4. The number of hydrogen-bond acceptors (Lipinski definition) is 6. The molecule has 0 radical (unpaired) electrons. The van der Waals surface area contributed by atoms with Crippen LogP contribution in [0.15, 0.2) is 27.4 Å². The number of oxazole rings is 1. The van der Waals surface area contributed by atoms with E-state index >= 15 is 0 Å². The molecule has 1 aliphatic heterocycles. The number of ether oxygens (including phenoxy) is 1. The Labute approximate surface area is 202 Å². The average molecular weight is 480 g/mol. The molecule has 1 aromatic heterocycles. The number of esters is 1. The summed E-state index contributed by atoms with van der Waals surface area (Å²) in [6.45, 7) is 9.80. The van der Waals surface area contributed by atoms with Crippen LogP contribution < -0.4 is 0 Å². The maximum absolute atomic E-state index is 13.0. The predicted molar refractivity (Wildman–Crippen MR) is 129 cm³/mol.